The number of halogens is 2. The van der Waals surface area contributed by atoms with Crippen molar-refractivity contribution in [2.24, 2.45) is 0 Å². The minimum Gasteiger partial charge on any atom is -0.387 e. The molecule has 96 valence electrons. The van der Waals surface area contributed by atoms with Gasteiger partial charge in [0.2, 0.25) is 0 Å². The standard InChI is InChI=1S/C11H17BrFN3O/c1-11(17,7-16(2)3)6-15-10-9(13)4-8(12)5-14-10/h4-5,17H,6-7H2,1-3H3,(H,14,15). The predicted octanol–water partition coefficient (Wildman–Crippen LogP) is 1.71. The van der Waals surface area contributed by atoms with Crippen LogP contribution in [0.4, 0.5) is 10.2 Å². The molecule has 2 N–H and O–H groups in total. The van der Waals surface area contributed by atoms with Gasteiger partial charge in [0, 0.05) is 23.8 Å². The molecule has 0 amide bonds. The number of rotatable bonds is 5. The molecule has 1 rings (SSSR count). The summed E-state index contributed by atoms with van der Waals surface area (Å²) in [6.45, 7) is 2.41. The third kappa shape index (κ3) is 4.97. The van der Waals surface area contributed by atoms with Crippen LogP contribution < -0.4 is 5.32 Å². The van der Waals surface area contributed by atoms with Crippen molar-refractivity contribution in [2.45, 2.75) is 12.5 Å². The van der Waals surface area contributed by atoms with Crippen LogP contribution in [0.15, 0.2) is 16.7 Å². The van der Waals surface area contributed by atoms with Crippen molar-refractivity contribution in [1.29, 1.82) is 0 Å². The highest BCUT2D eigenvalue weighted by Crippen LogP contribution is 2.17. The molecule has 0 fully saturated rings. The molecule has 0 aliphatic carbocycles. The molecule has 0 saturated carbocycles. The quantitative estimate of drug-likeness (QED) is 0.869. The molecule has 0 bridgehead atoms. The summed E-state index contributed by atoms with van der Waals surface area (Å²) in [7, 11) is 3.74. The summed E-state index contributed by atoms with van der Waals surface area (Å²) < 4.78 is 14.0. The van der Waals surface area contributed by atoms with Crippen LogP contribution in [0.3, 0.4) is 0 Å². The van der Waals surface area contributed by atoms with Gasteiger partial charge in [-0.15, -0.1) is 0 Å². The largest absolute Gasteiger partial charge is 0.387 e. The highest BCUT2D eigenvalue weighted by Gasteiger charge is 2.21. The number of aromatic nitrogens is 1. The Hall–Kier alpha value is -0.720. The molecule has 0 spiro atoms. The zero-order chi connectivity index (χ0) is 13.1. The van der Waals surface area contributed by atoms with Crippen molar-refractivity contribution >= 4 is 21.7 Å². The number of anilines is 1. The lowest BCUT2D eigenvalue weighted by Gasteiger charge is -2.27. The van der Waals surface area contributed by atoms with Gasteiger partial charge in [-0.05, 0) is 43.0 Å². The monoisotopic (exact) mass is 305 g/mol. The van der Waals surface area contributed by atoms with Gasteiger partial charge >= 0.3 is 0 Å². The second kappa shape index (κ2) is 5.75. The van der Waals surface area contributed by atoms with E-state index in [9.17, 15) is 9.50 Å². The van der Waals surface area contributed by atoms with E-state index >= 15 is 0 Å². The van der Waals surface area contributed by atoms with Crippen LogP contribution in [0.25, 0.3) is 0 Å². The van der Waals surface area contributed by atoms with Crippen molar-refractivity contribution < 1.29 is 9.50 Å². The van der Waals surface area contributed by atoms with Gasteiger partial charge in [-0.1, -0.05) is 0 Å². The second-order valence-electron chi connectivity index (χ2n) is 4.57. The molecule has 6 heteroatoms. The molecule has 1 aromatic heterocycles. The Morgan fingerprint density at radius 1 is 1.59 bits per heavy atom. The van der Waals surface area contributed by atoms with Gasteiger partial charge in [-0.3, -0.25) is 0 Å². The second-order valence-corrected chi connectivity index (χ2v) is 5.49. The lowest BCUT2D eigenvalue weighted by atomic mass is 10.1. The van der Waals surface area contributed by atoms with Crippen LogP contribution >= 0.6 is 15.9 Å². The van der Waals surface area contributed by atoms with E-state index in [1.54, 1.807) is 6.92 Å². The van der Waals surface area contributed by atoms with E-state index < -0.39 is 11.4 Å². The van der Waals surface area contributed by atoms with Crippen LogP contribution in [-0.2, 0) is 0 Å². The normalized spacial score (nSPS) is 14.8. The van der Waals surface area contributed by atoms with Crippen molar-refractivity contribution in [1.82, 2.24) is 9.88 Å². The summed E-state index contributed by atoms with van der Waals surface area (Å²) in [6, 6.07) is 1.33. The fourth-order valence-corrected chi connectivity index (χ4v) is 1.86. The summed E-state index contributed by atoms with van der Waals surface area (Å²) >= 11 is 3.13. The fourth-order valence-electron chi connectivity index (χ4n) is 1.56. The molecule has 0 aliphatic heterocycles. The molecular weight excluding hydrogens is 289 g/mol. The Morgan fingerprint density at radius 2 is 2.24 bits per heavy atom. The van der Waals surface area contributed by atoms with Crippen LogP contribution in [0.2, 0.25) is 0 Å². The molecule has 1 atom stereocenters. The summed E-state index contributed by atoms with van der Waals surface area (Å²) in [5.41, 5.74) is -0.940. The third-order valence-electron chi connectivity index (χ3n) is 2.10. The van der Waals surface area contributed by atoms with Gasteiger partial charge in [0.25, 0.3) is 0 Å². The predicted molar refractivity (Wildman–Crippen MR) is 69.6 cm³/mol. The number of pyridine rings is 1. The van der Waals surface area contributed by atoms with Gasteiger partial charge < -0.3 is 15.3 Å². The molecule has 1 heterocycles. The lowest BCUT2D eigenvalue weighted by Crippen LogP contribution is -2.43. The molecule has 0 aliphatic rings. The lowest BCUT2D eigenvalue weighted by molar-refractivity contribution is 0.0458. The van der Waals surface area contributed by atoms with E-state index in [0.29, 0.717) is 11.0 Å². The number of hydrogen-bond donors (Lipinski definition) is 2. The maximum Gasteiger partial charge on any atom is 0.166 e. The Kier molecular flexibility index (Phi) is 4.85. The molecule has 0 saturated heterocycles. The number of nitrogens with one attached hydrogen (secondary N) is 1. The maximum atomic E-state index is 13.4. The first-order valence-electron chi connectivity index (χ1n) is 5.22. The van der Waals surface area contributed by atoms with Crippen molar-refractivity contribution in [3.63, 3.8) is 0 Å². The first kappa shape index (κ1) is 14.3. The van der Waals surface area contributed by atoms with Gasteiger partial charge in [-0.2, -0.15) is 0 Å². The summed E-state index contributed by atoms with van der Waals surface area (Å²) in [4.78, 5) is 5.77. The minimum absolute atomic E-state index is 0.146. The van der Waals surface area contributed by atoms with Gasteiger partial charge in [0.15, 0.2) is 11.6 Å². The Balaban J connectivity index is 2.61. The first-order valence-corrected chi connectivity index (χ1v) is 6.01. The average molecular weight is 306 g/mol. The highest BCUT2D eigenvalue weighted by atomic mass is 79.9. The van der Waals surface area contributed by atoms with E-state index in [4.69, 9.17) is 0 Å². The van der Waals surface area contributed by atoms with E-state index in [-0.39, 0.29) is 12.4 Å². The fraction of sp³-hybridized carbons (Fsp3) is 0.545. The molecule has 0 aromatic carbocycles. The van der Waals surface area contributed by atoms with Crippen LogP contribution in [0, 0.1) is 5.82 Å². The molecule has 4 nitrogen and oxygen atoms in total. The maximum absolute atomic E-state index is 13.4. The van der Waals surface area contributed by atoms with Gasteiger partial charge in [0.1, 0.15) is 0 Å². The highest BCUT2D eigenvalue weighted by molar-refractivity contribution is 9.10. The van der Waals surface area contributed by atoms with Gasteiger partial charge in [0.05, 0.1) is 5.60 Å². The molecular formula is C11H17BrFN3O. The Labute approximate surface area is 109 Å². The topological polar surface area (TPSA) is 48.4 Å². The molecule has 1 unspecified atom stereocenters. The zero-order valence-corrected chi connectivity index (χ0v) is 11.8. The first-order chi connectivity index (χ1) is 7.80. The Bertz CT molecular complexity index is 385. The average Bonchev–Trinajstić information content (AvgIpc) is 2.14. The number of aliphatic hydroxyl groups is 1. The summed E-state index contributed by atoms with van der Waals surface area (Å²) in [5.74, 6) is -0.299. The zero-order valence-electron chi connectivity index (χ0n) is 10.2. The number of likely N-dealkylation sites (N-methyl/N-ethyl adjacent to an activating group) is 1. The van der Waals surface area contributed by atoms with Crippen LogP contribution in [-0.4, -0.2) is 47.8 Å². The molecule has 0 radical (unpaired) electrons. The number of nitrogens with zero attached hydrogens (tertiary/aromatic N) is 2. The number of hydrogen-bond acceptors (Lipinski definition) is 4. The van der Waals surface area contributed by atoms with E-state index in [1.807, 2.05) is 19.0 Å². The van der Waals surface area contributed by atoms with Crippen LogP contribution in [0.1, 0.15) is 6.92 Å². The third-order valence-corrected chi connectivity index (χ3v) is 2.54. The SMILES string of the molecule is CN(C)CC(C)(O)CNc1ncc(Br)cc1F. The van der Waals surface area contributed by atoms with Gasteiger partial charge in [-0.25, -0.2) is 9.37 Å². The van der Waals surface area contributed by atoms with E-state index in [2.05, 4.69) is 26.2 Å². The van der Waals surface area contributed by atoms with Crippen molar-refractivity contribution in [3.05, 3.63) is 22.6 Å². The van der Waals surface area contributed by atoms with E-state index in [0.717, 1.165) is 0 Å². The van der Waals surface area contributed by atoms with Crippen molar-refractivity contribution in [2.75, 3.05) is 32.5 Å². The Morgan fingerprint density at radius 3 is 2.76 bits per heavy atom. The summed E-state index contributed by atoms with van der Waals surface area (Å²) in [5, 5.41) is 12.8. The molecule has 1 aromatic rings. The van der Waals surface area contributed by atoms with Crippen LogP contribution in [0.5, 0.6) is 0 Å². The minimum atomic E-state index is -0.940. The smallest absolute Gasteiger partial charge is 0.166 e. The van der Waals surface area contributed by atoms with Crippen molar-refractivity contribution in [3.8, 4) is 0 Å². The van der Waals surface area contributed by atoms with E-state index in [1.165, 1.54) is 12.3 Å². The summed E-state index contributed by atoms with van der Waals surface area (Å²) in [6.07, 6.45) is 1.51. The molecule has 17 heavy (non-hydrogen) atoms.